The van der Waals surface area contributed by atoms with E-state index >= 15 is 0 Å². The number of rotatable bonds is 5. The minimum atomic E-state index is -0.846. The van der Waals surface area contributed by atoms with E-state index in [1.54, 1.807) is 20.8 Å². The van der Waals surface area contributed by atoms with Gasteiger partial charge in [0.25, 0.3) is 0 Å². The van der Waals surface area contributed by atoms with Crippen LogP contribution < -0.4 is 5.32 Å². The van der Waals surface area contributed by atoms with Crippen molar-refractivity contribution in [3.05, 3.63) is 0 Å². The lowest BCUT2D eigenvalue weighted by molar-refractivity contribution is -0.145. The Labute approximate surface area is 113 Å². The lowest BCUT2D eigenvalue weighted by atomic mass is 10.2. The Morgan fingerprint density at radius 3 is 2.50 bits per heavy atom. The molecule has 0 aromatic heterocycles. The third-order valence-corrected chi connectivity index (χ3v) is 2.01. The molecular formula is C12H19NO4S. The maximum absolute atomic E-state index is 11.5. The number of ether oxygens (including phenoxy) is 2. The smallest absolute Gasteiger partial charge is 0.408 e. The molecule has 0 heterocycles. The van der Waals surface area contributed by atoms with Gasteiger partial charge in [0.1, 0.15) is 18.2 Å². The zero-order valence-electron chi connectivity index (χ0n) is 10.9. The summed E-state index contributed by atoms with van der Waals surface area (Å²) in [5.74, 6) is 1.88. The normalized spacial score (nSPS) is 12.2. The van der Waals surface area contributed by atoms with Crippen LogP contribution in [0.1, 0.15) is 27.2 Å². The number of nitrogens with one attached hydrogen (secondary N) is 1. The van der Waals surface area contributed by atoms with Gasteiger partial charge in [-0.05, 0) is 20.8 Å². The van der Waals surface area contributed by atoms with Crippen LogP contribution in [-0.2, 0) is 14.3 Å². The summed E-state index contributed by atoms with van der Waals surface area (Å²) in [6.45, 7) is 5.31. The second kappa shape index (κ2) is 7.88. The van der Waals surface area contributed by atoms with E-state index in [4.69, 9.17) is 15.9 Å². The van der Waals surface area contributed by atoms with Crippen LogP contribution in [0, 0.1) is 12.3 Å². The van der Waals surface area contributed by atoms with Crippen LogP contribution in [-0.4, -0.2) is 36.1 Å². The van der Waals surface area contributed by atoms with Gasteiger partial charge in [-0.15, -0.1) is 12.3 Å². The molecule has 0 aromatic carbocycles. The van der Waals surface area contributed by atoms with Crippen LogP contribution in [0.25, 0.3) is 0 Å². The molecule has 0 aliphatic heterocycles. The van der Waals surface area contributed by atoms with Crippen molar-refractivity contribution < 1.29 is 19.1 Å². The van der Waals surface area contributed by atoms with Crippen LogP contribution in [0.3, 0.4) is 0 Å². The van der Waals surface area contributed by atoms with E-state index in [-0.39, 0.29) is 12.4 Å². The number of carbonyl (C=O) groups excluding carboxylic acids is 2. The summed E-state index contributed by atoms with van der Waals surface area (Å²) in [7, 11) is 0. The molecule has 102 valence electrons. The number of alkyl carbamates (subject to hydrolysis) is 1. The van der Waals surface area contributed by atoms with E-state index in [0.29, 0.717) is 6.42 Å². The molecule has 5 nitrogen and oxygen atoms in total. The molecule has 0 rings (SSSR count). The van der Waals surface area contributed by atoms with Crippen molar-refractivity contribution in [2.75, 3.05) is 12.4 Å². The van der Waals surface area contributed by atoms with Gasteiger partial charge in [0.05, 0.1) is 0 Å². The highest BCUT2D eigenvalue weighted by molar-refractivity contribution is 7.80. The van der Waals surface area contributed by atoms with Crippen molar-refractivity contribution in [3.8, 4) is 12.3 Å². The zero-order chi connectivity index (χ0) is 14.2. The molecule has 0 saturated heterocycles. The monoisotopic (exact) mass is 273 g/mol. The first kappa shape index (κ1) is 16.6. The maximum Gasteiger partial charge on any atom is 0.408 e. The molecule has 0 radical (unpaired) electrons. The van der Waals surface area contributed by atoms with Crippen LogP contribution >= 0.6 is 12.6 Å². The lowest BCUT2D eigenvalue weighted by Crippen LogP contribution is -2.45. The minimum absolute atomic E-state index is 0.119. The molecule has 0 bridgehead atoms. The quantitative estimate of drug-likeness (QED) is 0.344. The third-order valence-electron chi connectivity index (χ3n) is 1.65. The van der Waals surface area contributed by atoms with Gasteiger partial charge in [0.15, 0.2) is 0 Å². The summed E-state index contributed by atoms with van der Waals surface area (Å²) in [6.07, 6.45) is 4.67. The van der Waals surface area contributed by atoms with Crippen LogP contribution in [0.2, 0.25) is 0 Å². The molecule has 1 atom stereocenters. The Balaban J connectivity index is 4.22. The Hall–Kier alpha value is -1.35. The average molecular weight is 273 g/mol. The van der Waals surface area contributed by atoms with E-state index in [1.165, 1.54) is 0 Å². The van der Waals surface area contributed by atoms with Gasteiger partial charge < -0.3 is 14.8 Å². The molecule has 18 heavy (non-hydrogen) atoms. The number of amides is 1. The average Bonchev–Trinajstić information content (AvgIpc) is 2.23. The number of carbonyl (C=O) groups is 2. The van der Waals surface area contributed by atoms with Crippen molar-refractivity contribution in [3.63, 3.8) is 0 Å². The molecule has 1 amide bonds. The van der Waals surface area contributed by atoms with E-state index in [2.05, 4.69) is 23.9 Å². The predicted octanol–water partition coefficient (Wildman–Crippen LogP) is 1.38. The van der Waals surface area contributed by atoms with Crippen molar-refractivity contribution in [2.24, 2.45) is 0 Å². The summed E-state index contributed by atoms with van der Waals surface area (Å²) in [5, 5.41) is 2.39. The lowest BCUT2D eigenvalue weighted by Gasteiger charge is -2.22. The number of hydrogen-bond acceptors (Lipinski definition) is 5. The first-order valence-corrected chi connectivity index (χ1v) is 6.14. The fraction of sp³-hybridized carbons (Fsp3) is 0.667. The molecule has 0 aromatic rings. The second-order valence-corrected chi connectivity index (χ2v) is 4.87. The summed E-state index contributed by atoms with van der Waals surface area (Å²) in [6, 6.07) is -0.846. The van der Waals surface area contributed by atoms with E-state index in [0.717, 1.165) is 0 Å². The van der Waals surface area contributed by atoms with E-state index in [1.807, 2.05) is 0 Å². The van der Waals surface area contributed by atoms with Gasteiger partial charge in [-0.1, -0.05) is 0 Å². The van der Waals surface area contributed by atoms with Crippen LogP contribution in [0.15, 0.2) is 0 Å². The predicted molar refractivity (Wildman–Crippen MR) is 71.4 cm³/mol. The van der Waals surface area contributed by atoms with Gasteiger partial charge in [0, 0.05) is 12.2 Å². The van der Waals surface area contributed by atoms with Crippen molar-refractivity contribution >= 4 is 24.7 Å². The van der Waals surface area contributed by atoms with Crippen LogP contribution in [0.5, 0.6) is 0 Å². The largest absolute Gasteiger partial charge is 0.463 e. The number of thiol groups is 1. The summed E-state index contributed by atoms with van der Waals surface area (Å²) >= 11 is 3.97. The first-order chi connectivity index (χ1) is 8.30. The SMILES string of the molecule is C#CCCOC(=O)C(CS)NC(=O)OC(C)(C)C. The molecule has 1 unspecified atom stereocenters. The van der Waals surface area contributed by atoms with Crippen molar-refractivity contribution in [2.45, 2.75) is 38.8 Å². The highest BCUT2D eigenvalue weighted by atomic mass is 32.1. The fourth-order valence-corrected chi connectivity index (χ4v) is 1.18. The standard InChI is InChI=1S/C12H19NO4S/c1-5-6-7-16-10(14)9(8-18)13-11(15)17-12(2,3)4/h1,9,18H,6-8H2,2-4H3,(H,13,15). The van der Waals surface area contributed by atoms with E-state index < -0.39 is 23.7 Å². The molecule has 1 N–H and O–H groups in total. The molecule has 0 saturated carbocycles. The van der Waals surface area contributed by atoms with Gasteiger partial charge in [-0.2, -0.15) is 12.6 Å². The first-order valence-electron chi connectivity index (χ1n) is 5.50. The zero-order valence-corrected chi connectivity index (χ0v) is 11.8. The van der Waals surface area contributed by atoms with Crippen molar-refractivity contribution in [1.82, 2.24) is 5.32 Å². The van der Waals surface area contributed by atoms with E-state index in [9.17, 15) is 9.59 Å². The van der Waals surface area contributed by atoms with Gasteiger partial charge in [-0.3, -0.25) is 0 Å². The Kier molecular flexibility index (Phi) is 7.29. The van der Waals surface area contributed by atoms with Gasteiger partial charge >= 0.3 is 12.1 Å². The minimum Gasteiger partial charge on any atom is -0.463 e. The summed E-state index contributed by atoms with van der Waals surface area (Å²) in [4.78, 5) is 23.0. The number of terminal acetylenes is 1. The molecule has 0 aliphatic carbocycles. The summed E-state index contributed by atoms with van der Waals surface area (Å²) < 4.78 is 9.89. The second-order valence-electron chi connectivity index (χ2n) is 4.50. The van der Waals surface area contributed by atoms with Gasteiger partial charge in [0.2, 0.25) is 0 Å². The molecule has 6 heteroatoms. The number of hydrogen-bond donors (Lipinski definition) is 2. The highest BCUT2D eigenvalue weighted by Crippen LogP contribution is 2.07. The molecule has 0 fully saturated rings. The van der Waals surface area contributed by atoms with Gasteiger partial charge in [-0.25, -0.2) is 9.59 Å². The summed E-state index contributed by atoms with van der Waals surface area (Å²) in [5.41, 5.74) is -0.626. The highest BCUT2D eigenvalue weighted by Gasteiger charge is 2.24. The fourth-order valence-electron chi connectivity index (χ4n) is 0.940. The molecule has 0 aliphatic rings. The third kappa shape index (κ3) is 7.85. The topological polar surface area (TPSA) is 64.6 Å². The maximum atomic E-state index is 11.5. The molecule has 0 spiro atoms. The van der Waals surface area contributed by atoms with Crippen molar-refractivity contribution in [1.29, 1.82) is 0 Å². The van der Waals surface area contributed by atoms with Crippen LogP contribution in [0.4, 0.5) is 4.79 Å². The Morgan fingerprint density at radius 1 is 1.44 bits per heavy atom. The Bertz CT molecular complexity index is 330. The molecular weight excluding hydrogens is 254 g/mol. The number of esters is 1. The Morgan fingerprint density at radius 2 is 2.06 bits per heavy atom.